The summed E-state index contributed by atoms with van der Waals surface area (Å²) in [6, 6.07) is 96.0. The molecule has 0 amide bonds. The number of hydrogen-bond donors (Lipinski definition) is 0. The van der Waals surface area contributed by atoms with Crippen LogP contribution in [0.15, 0.2) is 279 Å². The third-order valence-corrected chi connectivity index (χ3v) is 15.1. The summed E-state index contributed by atoms with van der Waals surface area (Å²) in [5.41, 5.74) is 16.0. The van der Waals surface area contributed by atoms with Crippen molar-refractivity contribution in [3.8, 4) is 22.9 Å². The molecule has 5 heteroatoms. The molecule has 0 fully saturated rings. The molecule has 360 valence electrons. The summed E-state index contributed by atoms with van der Waals surface area (Å²) in [5.74, 6) is 0.898. The predicted molar refractivity (Wildman–Crippen MR) is 303 cm³/mol. The molecule has 0 radical (unpaired) electrons. The van der Waals surface area contributed by atoms with Gasteiger partial charge in [-0.05, 0) is 0 Å². The first kappa shape index (κ1) is 47.8. The Morgan fingerprint density at radius 2 is 0.459 bits per heavy atom. The fourth-order valence-electron chi connectivity index (χ4n) is 11.1. The Morgan fingerprint density at radius 3 is 0.622 bits per heavy atom. The first-order chi connectivity index (χ1) is 36.6. The van der Waals surface area contributed by atoms with Gasteiger partial charge in [-0.3, -0.25) is 0 Å². The van der Waals surface area contributed by atoms with Crippen molar-refractivity contribution in [1.82, 2.24) is 9.13 Å². The van der Waals surface area contributed by atoms with Gasteiger partial charge < -0.3 is 0 Å². The molecule has 0 aliphatic carbocycles. The molecule has 0 bridgehead atoms. The van der Waals surface area contributed by atoms with Crippen molar-refractivity contribution in [2.75, 3.05) is 14.2 Å². The van der Waals surface area contributed by atoms with Crippen molar-refractivity contribution in [2.24, 2.45) is 0 Å². The summed E-state index contributed by atoms with van der Waals surface area (Å²) in [6.45, 7) is 0. The van der Waals surface area contributed by atoms with Gasteiger partial charge in [-0.2, -0.15) is 0 Å². The van der Waals surface area contributed by atoms with Gasteiger partial charge in [0.1, 0.15) is 0 Å². The van der Waals surface area contributed by atoms with Gasteiger partial charge in [0.05, 0.1) is 0 Å². The second-order valence-electron chi connectivity index (χ2n) is 18.6. The summed E-state index contributed by atoms with van der Waals surface area (Å²) < 4.78 is 18.4. The van der Waals surface area contributed by atoms with Crippen molar-refractivity contribution in [1.29, 1.82) is 0 Å². The Labute approximate surface area is 442 Å². The predicted octanol–water partition coefficient (Wildman–Crippen LogP) is 15.7. The molecule has 0 unspecified atom stereocenters. The van der Waals surface area contributed by atoms with E-state index in [4.69, 9.17) is 9.47 Å². The van der Waals surface area contributed by atoms with Gasteiger partial charge in [0.2, 0.25) is 0 Å². The van der Waals surface area contributed by atoms with Crippen LogP contribution in [-0.4, -0.2) is 38.9 Å². The Kier molecular flexibility index (Phi) is 14.3. The molecule has 1 aromatic heterocycles. The number of benzene rings is 10. The van der Waals surface area contributed by atoms with E-state index >= 15 is 0 Å². The molecule has 0 aliphatic rings. The second-order valence-corrected chi connectivity index (χ2v) is 19.4. The minimum atomic E-state index is -0.170. The van der Waals surface area contributed by atoms with E-state index in [1.165, 1.54) is 44.5 Å². The maximum absolute atomic E-state index is 6.37. The number of methoxy groups -OCH3 is 2. The van der Waals surface area contributed by atoms with E-state index in [1.807, 2.05) is 0 Å². The van der Waals surface area contributed by atoms with Gasteiger partial charge in [-0.25, -0.2) is 0 Å². The third-order valence-electron chi connectivity index (χ3n) is 14.3. The number of imidazole rings is 1. The van der Waals surface area contributed by atoms with E-state index in [0.717, 1.165) is 49.5 Å². The number of nitrogens with zero attached hydrogens (tertiary/aromatic N) is 2. The monoisotopic (exact) mass is 1020 g/mol. The molecule has 0 saturated heterocycles. The standard InChI is InChI=1S/C69H56N2O2Se/c1-72-57-45-59(63(49-27-11-3-12-28-49)50-29-13-4-14-30-50)67(60(46-57)64(51-31-15-5-16-32-51)52-33-17-6-18-34-52)70-43-44-71(69(70)74)68-61(65(53-35-19-7-20-36-53)54-37-21-8-22-38-54)47-58(73-2)48-62(68)66(55-39-23-9-24-40-55)56-41-25-10-26-42-56/h3-48,63-66H,1-2H3. The number of aromatic nitrogens is 2. The fourth-order valence-corrected chi connectivity index (χ4v) is 11.7. The van der Waals surface area contributed by atoms with Crippen LogP contribution >= 0.6 is 0 Å². The molecule has 10 aromatic carbocycles. The van der Waals surface area contributed by atoms with Crippen LogP contribution < -0.4 is 9.47 Å². The molecule has 11 aromatic rings. The van der Waals surface area contributed by atoms with E-state index in [2.05, 4.69) is 304 Å². The maximum atomic E-state index is 6.37. The normalized spacial score (nSPS) is 11.4. The molecule has 1 heterocycles. The van der Waals surface area contributed by atoms with Gasteiger partial charge in [-0.1, -0.05) is 0 Å². The quantitative estimate of drug-likeness (QED) is 0.0713. The Balaban J connectivity index is 1.28. The molecule has 0 N–H and O–H groups in total. The van der Waals surface area contributed by atoms with Crippen LogP contribution in [0.1, 0.15) is 90.4 Å². The average molecular weight is 1020 g/mol. The Morgan fingerprint density at radius 1 is 0.284 bits per heavy atom. The van der Waals surface area contributed by atoms with Gasteiger partial charge in [0.15, 0.2) is 0 Å². The van der Waals surface area contributed by atoms with Crippen molar-refractivity contribution in [2.45, 2.75) is 23.7 Å². The zero-order valence-corrected chi connectivity index (χ0v) is 43.2. The fraction of sp³-hybridized carbons (Fsp3) is 0.0870. The van der Waals surface area contributed by atoms with Crippen LogP contribution in [-0.2, 0) is 0 Å². The zero-order chi connectivity index (χ0) is 50.2. The van der Waals surface area contributed by atoms with Crippen molar-refractivity contribution >= 4 is 15.6 Å². The summed E-state index contributed by atoms with van der Waals surface area (Å²) in [4.78, 5) is 0. The van der Waals surface area contributed by atoms with E-state index in [0.29, 0.717) is 0 Å². The number of rotatable bonds is 16. The molecular formula is C69H56N2O2Se. The zero-order valence-electron chi connectivity index (χ0n) is 41.5. The van der Waals surface area contributed by atoms with Crippen LogP contribution in [0.2, 0.25) is 0 Å². The van der Waals surface area contributed by atoms with E-state index < -0.39 is 0 Å². The van der Waals surface area contributed by atoms with E-state index in [-0.39, 0.29) is 23.7 Å². The third kappa shape index (κ3) is 9.64. The summed E-state index contributed by atoms with van der Waals surface area (Å²) >= 11 is 3.72. The van der Waals surface area contributed by atoms with Crippen LogP contribution in [0.5, 0.6) is 11.5 Å². The Hall–Kier alpha value is -8.47. The molecule has 4 nitrogen and oxygen atoms in total. The molecule has 11 rings (SSSR count). The van der Waals surface area contributed by atoms with Crippen LogP contribution in [0.3, 0.4) is 0 Å². The molecule has 0 aliphatic heterocycles. The average Bonchev–Trinajstić information content (AvgIpc) is 3.85. The van der Waals surface area contributed by atoms with Crippen LogP contribution in [0.4, 0.5) is 0 Å². The minimum absolute atomic E-state index is 0.170. The van der Waals surface area contributed by atoms with E-state index in [9.17, 15) is 0 Å². The molecular weight excluding hydrogens is 968 g/mol. The van der Waals surface area contributed by atoms with Crippen molar-refractivity contribution in [3.05, 3.63) is 350 Å². The molecule has 0 saturated carbocycles. The first-order valence-corrected chi connectivity index (χ1v) is 26.1. The first-order valence-electron chi connectivity index (χ1n) is 25.2. The second kappa shape index (κ2) is 22.1. The van der Waals surface area contributed by atoms with Crippen LogP contribution in [0.25, 0.3) is 11.4 Å². The molecule has 0 atom stereocenters. The Bertz CT molecular complexity index is 3030. The summed E-state index contributed by atoms with van der Waals surface area (Å²) in [6.07, 6.45) is 4.50. The summed E-state index contributed by atoms with van der Waals surface area (Å²) in [5, 5.41) is 0. The van der Waals surface area contributed by atoms with Crippen molar-refractivity contribution in [3.63, 3.8) is 0 Å². The van der Waals surface area contributed by atoms with Gasteiger partial charge >= 0.3 is 445 Å². The molecule has 74 heavy (non-hydrogen) atoms. The number of ether oxygens (including phenoxy) is 2. The SMILES string of the molecule is COc1cc(C(c2ccccc2)c2ccccc2)c(-n2ccn(-c3c(C(c4ccccc4)c4ccccc4)cc(OC)cc3C(c3ccccc3)c3ccccc3)c2=[Se])c(C(c2ccccc2)c2ccccc2)c1. The summed E-state index contributed by atoms with van der Waals surface area (Å²) in [7, 11) is 3.56. The van der Waals surface area contributed by atoms with Crippen molar-refractivity contribution < 1.29 is 9.47 Å². The molecule has 0 spiro atoms. The van der Waals surface area contributed by atoms with Gasteiger partial charge in [0.25, 0.3) is 0 Å². The van der Waals surface area contributed by atoms with E-state index in [1.54, 1.807) is 14.2 Å². The van der Waals surface area contributed by atoms with Gasteiger partial charge in [-0.15, -0.1) is 0 Å². The van der Waals surface area contributed by atoms with Crippen LogP contribution in [0, 0.1) is 4.32 Å². The van der Waals surface area contributed by atoms with Gasteiger partial charge in [0, 0.05) is 0 Å². The topological polar surface area (TPSA) is 28.3 Å². The number of hydrogen-bond acceptors (Lipinski definition) is 2.